The average Bonchev–Trinajstić information content (AvgIpc) is 1.51. The summed E-state index contributed by atoms with van der Waals surface area (Å²) in [4.78, 5) is 233. The van der Waals surface area contributed by atoms with Crippen molar-refractivity contribution in [1.82, 2.24) is 74.0 Å². The van der Waals surface area contributed by atoms with Crippen molar-refractivity contribution in [2.75, 3.05) is 58.0 Å². The van der Waals surface area contributed by atoms with E-state index < -0.39 is 235 Å². The third-order valence-electron chi connectivity index (χ3n) is 21.5. The molecule has 1 spiro atoms. The number of nitrogens with two attached hydrogens (primary N) is 3. The standard InChI is InChI=1S/C84H111N19O26S/c1-41(2)67(101-74(118)54(17-11-27-89-82(87)88)95-77(121)59(39-104)93-64(108)40-127-32-31-126-30-28-90-83(130)92-45-19-22-49-48(34-45)81(125)129-84(49)50-23-20-46(105)35-61(50)128-62-36-47(106)21-24-51(62)84)79(123)102-68(42(3)4)80(124)103-29-12-18-60(103)78(122)97-53-16-10-9-15-52(72(116)100-58(38-66(111)112)75(119)91-43(5)70(114)98-56(69(86)113)37-65(109)110)94-76(120)57(33-44-13-7-6-8-14-44)99-73(117)55(96-71(53)115)25-26-63(85)107/h6-8,13-14,19-24,34-36,41-43,52-60,67-68,104-106H,9-12,15-18,25-33,37-40H2,1-5H3,(H2,85,107)(H2,86,113)(H,91,119)(H,93,108)(H,94,120)(H,95,121)(H,96,115)(H,97,122)(H,98,114)(H,99,117)(H,100,116)(H,101,118)(H,102,123)(H,109,110)(H,111,112)(H4,87,88,89)(H2,90,92,130)/t43-,52-,53-,54-,55-,56-,57-,58-,59-,60-,67-,68-/m0/s1. The molecule has 0 aromatic heterocycles. The number of benzene rings is 4. The Bertz CT molecular complexity index is 4840. The van der Waals surface area contributed by atoms with Gasteiger partial charge in [0.05, 0.1) is 44.8 Å². The molecule has 0 unspecified atom stereocenters. The average molecular weight is 1830 g/mol. The van der Waals surface area contributed by atoms with E-state index in [4.69, 9.17) is 53.8 Å². The van der Waals surface area contributed by atoms with Crippen LogP contribution in [0.1, 0.15) is 144 Å². The van der Waals surface area contributed by atoms with Gasteiger partial charge in [-0.05, 0) is 118 Å². The summed E-state index contributed by atoms with van der Waals surface area (Å²) in [5.74, 6) is -19.4. The van der Waals surface area contributed by atoms with Gasteiger partial charge in [0.2, 0.25) is 82.7 Å². The molecule has 704 valence electrons. The van der Waals surface area contributed by atoms with E-state index in [0.29, 0.717) is 27.9 Å². The second kappa shape index (κ2) is 47.8. The van der Waals surface area contributed by atoms with Crippen molar-refractivity contribution in [2.45, 2.75) is 196 Å². The van der Waals surface area contributed by atoms with E-state index in [2.05, 4.69) is 74.4 Å². The molecule has 4 heterocycles. The summed E-state index contributed by atoms with van der Waals surface area (Å²) >= 11 is 5.50. The number of carbonyl (C=O) groups excluding carboxylic acids is 15. The highest BCUT2D eigenvalue weighted by molar-refractivity contribution is 7.80. The molecule has 0 saturated carbocycles. The lowest BCUT2D eigenvalue weighted by molar-refractivity contribution is -0.143. The first kappa shape index (κ1) is 102. The number of ether oxygens (including phenoxy) is 4. The number of thiocarbonyl (C=S) groups is 1. The maximum absolute atomic E-state index is 14.9. The molecule has 46 heteroatoms. The summed E-state index contributed by atoms with van der Waals surface area (Å²) < 4.78 is 23.2. The Labute approximate surface area is 750 Å². The molecular formula is C84H111N19O26S. The van der Waals surface area contributed by atoms with Gasteiger partial charge < -0.3 is 141 Å². The number of phenolic OH excluding ortho intramolecular Hbond substituents is 2. The summed E-state index contributed by atoms with van der Waals surface area (Å²) in [5, 5.41) is 93.5. The summed E-state index contributed by atoms with van der Waals surface area (Å²) in [7, 11) is 0. The van der Waals surface area contributed by atoms with Crippen molar-refractivity contribution in [3.05, 3.63) is 113 Å². The first-order valence-corrected chi connectivity index (χ1v) is 42.4. The predicted octanol–water partition coefficient (Wildman–Crippen LogP) is -3.59. The van der Waals surface area contributed by atoms with Gasteiger partial charge >= 0.3 is 17.9 Å². The van der Waals surface area contributed by atoms with Gasteiger partial charge in [-0.2, -0.15) is 0 Å². The van der Waals surface area contributed by atoms with Crippen molar-refractivity contribution in [3.8, 4) is 23.0 Å². The lowest BCUT2D eigenvalue weighted by Crippen LogP contribution is -2.62. The molecule has 130 heavy (non-hydrogen) atoms. The largest absolute Gasteiger partial charge is 0.508 e. The Morgan fingerprint density at radius 3 is 1.84 bits per heavy atom. The van der Waals surface area contributed by atoms with Crippen LogP contribution in [0.4, 0.5) is 5.69 Å². The van der Waals surface area contributed by atoms with Gasteiger partial charge in [0, 0.05) is 67.0 Å². The van der Waals surface area contributed by atoms with Gasteiger partial charge in [0.25, 0.3) is 0 Å². The lowest BCUT2D eigenvalue weighted by atomic mass is 9.77. The van der Waals surface area contributed by atoms with E-state index >= 15 is 0 Å². The first-order valence-electron chi connectivity index (χ1n) is 42.0. The maximum Gasteiger partial charge on any atom is 0.340 e. The number of phenols is 2. The molecule has 4 aliphatic heterocycles. The van der Waals surface area contributed by atoms with Crippen LogP contribution in [0.5, 0.6) is 23.0 Å². The van der Waals surface area contributed by atoms with E-state index in [1.54, 1.807) is 88.4 Å². The van der Waals surface area contributed by atoms with Crippen molar-refractivity contribution in [1.29, 1.82) is 5.41 Å². The molecule has 8 rings (SSSR count). The highest BCUT2D eigenvalue weighted by atomic mass is 32.1. The Hall–Kier alpha value is -13.9. The number of likely N-dealkylation sites (tertiary alicyclic amines) is 1. The van der Waals surface area contributed by atoms with E-state index in [1.807, 2.05) is 0 Å². The van der Waals surface area contributed by atoms with E-state index in [-0.39, 0.29) is 131 Å². The quantitative estimate of drug-likeness (QED) is 0.00670. The Morgan fingerprint density at radius 1 is 0.608 bits per heavy atom. The van der Waals surface area contributed by atoms with Gasteiger partial charge in [0.1, 0.15) is 102 Å². The number of carboxylic acid groups (broad SMARTS) is 2. The fraction of sp³-hybridized carbons (Fsp3) is 0.488. The van der Waals surface area contributed by atoms with Gasteiger partial charge in [0.15, 0.2) is 16.7 Å². The lowest BCUT2D eigenvalue weighted by Gasteiger charge is -2.36. The molecule has 4 aromatic rings. The molecule has 26 N–H and O–H groups in total. The van der Waals surface area contributed by atoms with Gasteiger partial charge in [-0.15, -0.1) is 0 Å². The van der Waals surface area contributed by atoms with Gasteiger partial charge in [-0.3, -0.25) is 82.1 Å². The summed E-state index contributed by atoms with van der Waals surface area (Å²) in [6.45, 7) is 6.05. The number of anilines is 1. The Morgan fingerprint density at radius 2 is 1.21 bits per heavy atom. The van der Waals surface area contributed by atoms with E-state index in [0.717, 1.165) is 6.92 Å². The SMILES string of the molecule is CC(C)[C@H](NC(=O)[C@H](CCCNC(=N)N)NC(=O)[C@H](CO)NC(=O)COCCOCCNC(=S)Nc1ccc2c(c1)C(=O)OC21c2ccc(O)cc2Oc2cc(O)ccc21)C(=O)N[C@H](C(=O)N1CCC[C@H]1C(=O)N[C@H]1CCCC[C@@H](C(=O)N[C@@H](CC(=O)O)C(=O)N[C@@H](C)C(=O)N[C@@H](CC(=O)O)C(N)=O)NC(=O)[C@H](Cc2ccccc2)NC(=O)[C@H](CCC(N)=O)NC1=O)C(C)C. The first-order chi connectivity index (χ1) is 61.7. The maximum atomic E-state index is 14.9. The zero-order chi connectivity index (χ0) is 95.4. The third kappa shape index (κ3) is 28.6. The molecule has 2 saturated heterocycles. The minimum Gasteiger partial charge on any atom is -0.508 e. The highest BCUT2D eigenvalue weighted by Gasteiger charge is 2.54. The van der Waals surface area contributed by atoms with Crippen LogP contribution in [0.2, 0.25) is 0 Å². The number of guanidine groups is 1. The number of nitrogens with zero attached hydrogens (tertiary/aromatic N) is 1. The number of rotatable bonds is 42. The van der Waals surface area contributed by atoms with Crippen LogP contribution in [-0.4, -0.2) is 267 Å². The number of fused-ring (bicyclic) bond motifs is 6. The van der Waals surface area contributed by atoms with Crippen LogP contribution >= 0.6 is 12.2 Å². The number of nitrogens with one attached hydrogen (secondary N) is 15. The molecule has 4 aromatic carbocycles. The van der Waals surface area contributed by atoms with Gasteiger partial charge in [-0.25, -0.2) is 4.79 Å². The zero-order valence-electron chi connectivity index (χ0n) is 71.9. The number of carbonyl (C=O) groups is 17. The smallest absolute Gasteiger partial charge is 0.340 e. The van der Waals surface area contributed by atoms with Crippen LogP contribution in [0.25, 0.3) is 0 Å². The second-order valence-corrected chi connectivity index (χ2v) is 32.4. The molecule has 0 aliphatic carbocycles. The number of amides is 14. The minimum atomic E-state index is -1.98. The number of carboxylic acids is 2. The van der Waals surface area contributed by atoms with Crippen molar-refractivity contribution < 1.29 is 126 Å². The van der Waals surface area contributed by atoms with Gasteiger partial charge in [-0.1, -0.05) is 76.9 Å². The summed E-state index contributed by atoms with van der Waals surface area (Å²) in [6.07, 6.45) is -3.84. The second-order valence-electron chi connectivity index (χ2n) is 32.0. The van der Waals surface area contributed by atoms with E-state index in [9.17, 15) is 107 Å². The number of aliphatic hydroxyl groups is 1. The highest BCUT2D eigenvalue weighted by Crippen LogP contribution is 2.57. The van der Waals surface area contributed by atoms with Crippen molar-refractivity contribution in [3.63, 3.8) is 0 Å². The number of primary amides is 2. The minimum absolute atomic E-state index is 0.0108. The summed E-state index contributed by atoms with van der Waals surface area (Å²) in [5.41, 5.74) is 17.3. The fourth-order valence-corrected chi connectivity index (χ4v) is 15.0. The predicted molar refractivity (Wildman–Crippen MR) is 462 cm³/mol. The topological polar surface area (TPSA) is 702 Å². The van der Waals surface area contributed by atoms with Crippen LogP contribution in [-0.2, 0) is 103 Å². The number of esters is 1. The Kier molecular flexibility index (Phi) is 37.3. The molecule has 0 radical (unpaired) electrons. The molecule has 0 bridgehead atoms. The molecule has 14 amide bonds. The number of aromatic hydroxyl groups is 2. The molecule has 4 aliphatic rings. The van der Waals surface area contributed by atoms with Crippen molar-refractivity contribution in [2.24, 2.45) is 29.0 Å². The molecule has 12 atom stereocenters. The normalized spacial score (nSPS) is 18.5. The monoisotopic (exact) mass is 1830 g/mol. The molecule has 2 fully saturated rings. The number of aliphatic hydroxyl groups excluding tert-OH is 1. The summed E-state index contributed by atoms with van der Waals surface area (Å²) in [6, 6.07) is 2.96. The number of hydrogen-bond donors (Lipinski definition) is 23. The van der Waals surface area contributed by atoms with Crippen LogP contribution in [0.15, 0.2) is 84.9 Å². The third-order valence-corrected chi connectivity index (χ3v) is 21.7. The van der Waals surface area contributed by atoms with Crippen LogP contribution < -0.4 is 96.4 Å². The molecule has 45 nitrogen and oxygen atoms in total. The Balaban J connectivity index is 0.865. The van der Waals surface area contributed by atoms with Crippen LogP contribution in [0, 0.1) is 17.2 Å². The molecular weight excluding hydrogens is 1720 g/mol. The van der Waals surface area contributed by atoms with Crippen LogP contribution in [0.3, 0.4) is 0 Å². The number of aliphatic carboxylic acids is 2. The van der Waals surface area contributed by atoms with E-state index in [1.165, 1.54) is 29.2 Å². The fourth-order valence-electron chi connectivity index (χ4n) is 14.8. The van der Waals surface area contributed by atoms with Crippen molar-refractivity contribution >= 4 is 130 Å². The number of hydrogen-bond acceptors (Lipinski definition) is 26. The zero-order valence-corrected chi connectivity index (χ0v) is 72.7.